The van der Waals surface area contributed by atoms with Crippen molar-refractivity contribution in [3.05, 3.63) is 41.5 Å². The fourth-order valence-corrected chi connectivity index (χ4v) is 2.39. The van der Waals surface area contributed by atoms with Crippen molar-refractivity contribution in [1.82, 2.24) is 0 Å². The highest BCUT2D eigenvalue weighted by molar-refractivity contribution is 6.09. The van der Waals surface area contributed by atoms with E-state index in [4.69, 9.17) is 4.74 Å². The largest absolute Gasteiger partial charge is 0.410 e. The van der Waals surface area contributed by atoms with E-state index in [9.17, 15) is 10.0 Å². The molecular formula is C16H20N2O3. The Labute approximate surface area is 124 Å². The lowest BCUT2D eigenvalue weighted by Crippen LogP contribution is -2.05. The highest BCUT2D eigenvalue weighted by Crippen LogP contribution is 2.18. The molecule has 21 heavy (non-hydrogen) atoms. The summed E-state index contributed by atoms with van der Waals surface area (Å²) in [5.41, 5.74) is 2.90. The van der Waals surface area contributed by atoms with Gasteiger partial charge in [-0.05, 0) is 50.0 Å². The standard InChI is InChI=1S/C16H20N2O3/c1-12-7-8-13(17-11-19)10-15(12)16(18-20)6-2-4-14-5-3-9-21-14/h2,6-8,10-11,14,20H,3-5,9H2,1H3,(H,17,19)/b6-2+,18-16+. The zero-order valence-electron chi connectivity index (χ0n) is 12.1. The zero-order chi connectivity index (χ0) is 15.1. The summed E-state index contributed by atoms with van der Waals surface area (Å²) in [5, 5.41) is 15.2. The number of allylic oxidation sites excluding steroid dienone is 1. The van der Waals surface area contributed by atoms with Gasteiger partial charge in [-0.2, -0.15) is 0 Å². The van der Waals surface area contributed by atoms with E-state index < -0.39 is 0 Å². The van der Waals surface area contributed by atoms with Crippen LogP contribution >= 0.6 is 0 Å². The van der Waals surface area contributed by atoms with E-state index in [2.05, 4.69) is 10.5 Å². The first-order valence-electron chi connectivity index (χ1n) is 7.06. The van der Waals surface area contributed by atoms with E-state index in [1.807, 2.05) is 19.1 Å². The van der Waals surface area contributed by atoms with Crippen molar-refractivity contribution in [3.63, 3.8) is 0 Å². The fraction of sp³-hybridized carbons (Fsp3) is 0.375. The van der Waals surface area contributed by atoms with Gasteiger partial charge in [-0.1, -0.05) is 17.3 Å². The summed E-state index contributed by atoms with van der Waals surface area (Å²) >= 11 is 0. The van der Waals surface area contributed by atoms with Gasteiger partial charge in [-0.25, -0.2) is 0 Å². The second kappa shape index (κ2) is 7.59. The molecular weight excluding hydrogens is 268 g/mol. The molecule has 1 heterocycles. The number of rotatable bonds is 6. The summed E-state index contributed by atoms with van der Waals surface area (Å²) in [6.45, 7) is 2.76. The molecule has 2 N–H and O–H groups in total. The number of hydrogen-bond donors (Lipinski definition) is 2. The number of carbonyl (C=O) groups excluding carboxylic acids is 1. The number of oxime groups is 1. The number of amides is 1. The normalized spacial score (nSPS) is 19.1. The molecule has 1 aromatic carbocycles. The van der Waals surface area contributed by atoms with Gasteiger partial charge in [0.2, 0.25) is 6.41 Å². The van der Waals surface area contributed by atoms with Crippen LogP contribution in [0.15, 0.2) is 35.5 Å². The van der Waals surface area contributed by atoms with Crippen LogP contribution in [0, 0.1) is 6.92 Å². The van der Waals surface area contributed by atoms with Gasteiger partial charge < -0.3 is 15.3 Å². The van der Waals surface area contributed by atoms with Crippen LogP contribution in [0.25, 0.3) is 0 Å². The van der Waals surface area contributed by atoms with Crippen LogP contribution in [-0.4, -0.2) is 30.0 Å². The molecule has 1 fully saturated rings. The summed E-state index contributed by atoms with van der Waals surface area (Å²) in [4.78, 5) is 10.5. The van der Waals surface area contributed by atoms with Gasteiger partial charge in [0, 0.05) is 17.9 Å². The van der Waals surface area contributed by atoms with Gasteiger partial charge >= 0.3 is 0 Å². The first-order valence-corrected chi connectivity index (χ1v) is 7.06. The average molecular weight is 288 g/mol. The van der Waals surface area contributed by atoms with Crippen LogP contribution in [0.4, 0.5) is 5.69 Å². The minimum Gasteiger partial charge on any atom is -0.410 e. The maximum Gasteiger partial charge on any atom is 0.211 e. The van der Waals surface area contributed by atoms with Crippen molar-refractivity contribution in [3.8, 4) is 0 Å². The lowest BCUT2D eigenvalue weighted by molar-refractivity contribution is -0.105. The lowest BCUT2D eigenvalue weighted by atomic mass is 10.0. The van der Waals surface area contributed by atoms with E-state index in [0.29, 0.717) is 17.8 Å². The van der Waals surface area contributed by atoms with Crippen LogP contribution < -0.4 is 5.32 Å². The Kier molecular flexibility index (Phi) is 5.51. The van der Waals surface area contributed by atoms with Gasteiger partial charge in [0.25, 0.3) is 0 Å². The molecule has 1 aliphatic rings. The van der Waals surface area contributed by atoms with E-state index >= 15 is 0 Å². The van der Waals surface area contributed by atoms with Crippen LogP contribution in [-0.2, 0) is 9.53 Å². The summed E-state index contributed by atoms with van der Waals surface area (Å²) in [5.74, 6) is 0. The first-order chi connectivity index (χ1) is 10.2. The third-order valence-corrected chi connectivity index (χ3v) is 3.55. The molecule has 0 spiro atoms. The number of nitrogens with one attached hydrogen (secondary N) is 1. The predicted molar refractivity (Wildman–Crippen MR) is 81.9 cm³/mol. The maximum absolute atomic E-state index is 10.5. The molecule has 1 unspecified atom stereocenters. The van der Waals surface area contributed by atoms with E-state index in [-0.39, 0.29) is 6.10 Å². The quantitative estimate of drug-likeness (QED) is 0.366. The highest BCUT2D eigenvalue weighted by Gasteiger charge is 2.13. The molecule has 5 nitrogen and oxygen atoms in total. The molecule has 0 radical (unpaired) electrons. The van der Waals surface area contributed by atoms with Crippen molar-refractivity contribution in [1.29, 1.82) is 0 Å². The average Bonchev–Trinajstić information content (AvgIpc) is 3.00. The van der Waals surface area contributed by atoms with Gasteiger partial charge in [0.05, 0.1) is 6.10 Å². The maximum atomic E-state index is 10.5. The molecule has 5 heteroatoms. The second-order valence-corrected chi connectivity index (χ2v) is 5.05. The van der Waals surface area contributed by atoms with Gasteiger partial charge in [0.1, 0.15) is 5.71 Å². The minimum absolute atomic E-state index is 0.269. The van der Waals surface area contributed by atoms with Crippen molar-refractivity contribution < 1.29 is 14.7 Å². The Morgan fingerprint density at radius 2 is 2.43 bits per heavy atom. The SMILES string of the molecule is Cc1ccc(NC=O)cc1C(/C=C/CC1CCCO1)=N/O. The third kappa shape index (κ3) is 4.16. The molecule has 112 valence electrons. The Hall–Kier alpha value is -2.14. The third-order valence-electron chi connectivity index (χ3n) is 3.55. The zero-order valence-corrected chi connectivity index (χ0v) is 12.1. The highest BCUT2D eigenvalue weighted by atomic mass is 16.5. The smallest absolute Gasteiger partial charge is 0.211 e. The molecule has 1 amide bonds. The summed E-state index contributed by atoms with van der Waals surface area (Å²) in [7, 11) is 0. The molecule has 0 saturated carbocycles. The van der Waals surface area contributed by atoms with Gasteiger partial charge in [-0.3, -0.25) is 4.79 Å². The Bertz CT molecular complexity index is 546. The number of carbonyl (C=O) groups is 1. The molecule has 0 aromatic heterocycles. The lowest BCUT2D eigenvalue weighted by Gasteiger charge is -2.08. The number of benzene rings is 1. The van der Waals surface area contributed by atoms with Crippen LogP contribution in [0.5, 0.6) is 0 Å². The number of anilines is 1. The van der Waals surface area contributed by atoms with Crippen LogP contribution in [0.1, 0.15) is 30.4 Å². The van der Waals surface area contributed by atoms with Crippen molar-refractivity contribution in [2.24, 2.45) is 5.16 Å². The van der Waals surface area contributed by atoms with Crippen LogP contribution in [0.3, 0.4) is 0 Å². The fourth-order valence-electron chi connectivity index (χ4n) is 2.39. The number of hydrogen-bond acceptors (Lipinski definition) is 4. The van der Waals surface area contributed by atoms with Gasteiger partial charge in [-0.15, -0.1) is 0 Å². The van der Waals surface area contributed by atoms with Crippen molar-refractivity contribution >= 4 is 17.8 Å². The Morgan fingerprint density at radius 3 is 3.10 bits per heavy atom. The molecule has 1 aromatic rings. The molecule has 0 bridgehead atoms. The minimum atomic E-state index is 0.269. The van der Waals surface area contributed by atoms with E-state index in [1.165, 1.54) is 0 Å². The first kappa shape index (κ1) is 15.3. The van der Waals surface area contributed by atoms with Gasteiger partial charge in [0.15, 0.2) is 0 Å². The Morgan fingerprint density at radius 1 is 1.57 bits per heavy atom. The summed E-state index contributed by atoms with van der Waals surface area (Å²) < 4.78 is 5.55. The molecule has 0 aliphatic carbocycles. The molecule has 1 atom stereocenters. The topological polar surface area (TPSA) is 70.9 Å². The number of nitrogens with zero attached hydrogens (tertiary/aromatic N) is 1. The predicted octanol–water partition coefficient (Wildman–Crippen LogP) is 2.87. The number of ether oxygens (including phenoxy) is 1. The van der Waals surface area contributed by atoms with Crippen molar-refractivity contribution in [2.45, 2.75) is 32.3 Å². The Balaban J connectivity index is 2.10. The summed E-state index contributed by atoms with van der Waals surface area (Å²) in [6.07, 6.45) is 7.64. The molecule has 2 rings (SSSR count). The summed E-state index contributed by atoms with van der Waals surface area (Å²) in [6, 6.07) is 5.47. The molecule has 1 saturated heterocycles. The van der Waals surface area contributed by atoms with E-state index in [0.717, 1.165) is 37.0 Å². The van der Waals surface area contributed by atoms with Crippen LogP contribution in [0.2, 0.25) is 0 Å². The second-order valence-electron chi connectivity index (χ2n) is 5.05. The number of aryl methyl sites for hydroxylation is 1. The molecule has 1 aliphatic heterocycles. The monoisotopic (exact) mass is 288 g/mol. The van der Waals surface area contributed by atoms with Crippen molar-refractivity contribution in [2.75, 3.05) is 11.9 Å². The van der Waals surface area contributed by atoms with E-state index in [1.54, 1.807) is 18.2 Å².